The number of hydrogen-bond acceptors (Lipinski definition) is 2. The van der Waals surface area contributed by atoms with Gasteiger partial charge in [-0.05, 0) is 51.8 Å². The zero-order valence-electron chi connectivity index (χ0n) is 12.8. The van der Waals surface area contributed by atoms with E-state index in [0.29, 0.717) is 12.1 Å². The smallest absolute Gasteiger partial charge is 0.0207 e. The zero-order chi connectivity index (χ0) is 14.4. The van der Waals surface area contributed by atoms with Crippen LogP contribution in [0.1, 0.15) is 38.8 Å². The van der Waals surface area contributed by atoms with Gasteiger partial charge in [0.25, 0.3) is 0 Å². The summed E-state index contributed by atoms with van der Waals surface area (Å²) in [5.74, 6) is 0. The fourth-order valence-electron chi connectivity index (χ4n) is 2.30. The van der Waals surface area contributed by atoms with Gasteiger partial charge in [-0.25, -0.2) is 0 Å². The van der Waals surface area contributed by atoms with Gasteiger partial charge in [0.2, 0.25) is 0 Å². The molecule has 0 saturated carbocycles. The number of halogens is 1. The molecule has 0 aliphatic carbocycles. The van der Waals surface area contributed by atoms with Crippen molar-refractivity contribution in [3.05, 3.63) is 33.8 Å². The lowest BCUT2D eigenvalue weighted by molar-refractivity contribution is 0.176. The van der Waals surface area contributed by atoms with Crippen molar-refractivity contribution in [1.29, 1.82) is 0 Å². The van der Waals surface area contributed by atoms with E-state index in [1.54, 1.807) is 0 Å². The minimum absolute atomic E-state index is 0.607. The number of aryl methyl sites for hydroxylation is 1. The van der Waals surface area contributed by atoms with E-state index >= 15 is 0 Å². The fourth-order valence-corrected chi connectivity index (χ4v) is 2.73. The molecule has 1 rings (SSSR count). The highest BCUT2D eigenvalue weighted by atomic mass is 79.9. The van der Waals surface area contributed by atoms with E-state index in [-0.39, 0.29) is 0 Å². The van der Waals surface area contributed by atoms with Gasteiger partial charge >= 0.3 is 0 Å². The molecule has 0 atom stereocenters. The Kier molecular flexibility index (Phi) is 7.05. The highest BCUT2D eigenvalue weighted by Gasteiger charge is 2.11. The van der Waals surface area contributed by atoms with E-state index in [2.05, 4.69) is 79.0 Å². The van der Waals surface area contributed by atoms with Crippen molar-refractivity contribution < 1.29 is 0 Å². The van der Waals surface area contributed by atoms with E-state index in [1.165, 1.54) is 15.6 Å². The first-order valence-corrected chi connectivity index (χ1v) is 7.92. The normalized spacial score (nSPS) is 11.8. The van der Waals surface area contributed by atoms with Crippen LogP contribution >= 0.6 is 15.9 Å². The molecule has 0 unspecified atom stereocenters. The number of nitrogens with one attached hydrogen (secondary N) is 1. The second-order valence-electron chi connectivity index (χ2n) is 5.69. The van der Waals surface area contributed by atoms with E-state index in [9.17, 15) is 0 Å². The molecule has 0 saturated heterocycles. The molecule has 0 spiro atoms. The summed E-state index contributed by atoms with van der Waals surface area (Å²) in [6.45, 7) is 14.2. The standard InChI is InChI=1S/C16H27BrN2/c1-12(2)19(13(3)4)9-8-18-11-15-7-6-14(5)16(17)10-15/h6-7,10,12-13,18H,8-9,11H2,1-5H3. The van der Waals surface area contributed by atoms with Gasteiger partial charge in [0, 0.05) is 36.2 Å². The van der Waals surface area contributed by atoms with Crippen LogP contribution in [0.2, 0.25) is 0 Å². The molecule has 0 aromatic heterocycles. The van der Waals surface area contributed by atoms with Gasteiger partial charge in [-0.1, -0.05) is 28.1 Å². The van der Waals surface area contributed by atoms with Crippen LogP contribution < -0.4 is 5.32 Å². The molecule has 0 heterocycles. The SMILES string of the molecule is Cc1ccc(CNCCN(C(C)C)C(C)C)cc1Br. The Bertz CT molecular complexity index is 380. The first-order valence-electron chi connectivity index (χ1n) is 7.13. The van der Waals surface area contributed by atoms with Crippen molar-refractivity contribution in [1.82, 2.24) is 10.2 Å². The van der Waals surface area contributed by atoms with Gasteiger partial charge in [-0.15, -0.1) is 0 Å². The maximum atomic E-state index is 3.58. The van der Waals surface area contributed by atoms with Crippen molar-refractivity contribution in [2.75, 3.05) is 13.1 Å². The third-order valence-corrected chi connectivity index (χ3v) is 4.29. The van der Waals surface area contributed by atoms with Crippen LogP contribution in [0.25, 0.3) is 0 Å². The van der Waals surface area contributed by atoms with E-state index in [4.69, 9.17) is 0 Å². The minimum atomic E-state index is 0.607. The lowest BCUT2D eigenvalue weighted by Gasteiger charge is -2.30. The van der Waals surface area contributed by atoms with Crippen LogP contribution in [0.4, 0.5) is 0 Å². The minimum Gasteiger partial charge on any atom is -0.311 e. The van der Waals surface area contributed by atoms with Gasteiger partial charge in [0.15, 0.2) is 0 Å². The number of rotatable bonds is 7. The van der Waals surface area contributed by atoms with Crippen LogP contribution in [0.5, 0.6) is 0 Å². The van der Waals surface area contributed by atoms with Crippen LogP contribution in [0.3, 0.4) is 0 Å². The number of hydrogen-bond donors (Lipinski definition) is 1. The Hall–Kier alpha value is -0.380. The molecule has 2 nitrogen and oxygen atoms in total. The zero-order valence-corrected chi connectivity index (χ0v) is 14.4. The predicted molar refractivity (Wildman–Crippen MR) is 87.6 cm³/mol. The Morgan fingerprint density at radius 1 is 1.16 bits per heavy atom. The van der Waals surface area contributed by atoms with E-state index in [0.717, 1.165) is 19.6 Å². The maximum Gasteiger partial charge on any atom is 0.0207 e. The Balaban J connectivity index is 2.36. The van der Waals surface area contributed by atoms with E-state index in [1.807, 2.05) is 0 Å². The first-order chi connectivity index (χ1) is 8.91. The Labute approximate surface area is 126 Å². The van der Waals surface area contributed by atoms with Gasteiger partial charge in [0.1, 0.15) is 0 Å². The molecular formula is C16H27BrN2. The summed E-state index contributed by atoms with van der Waals surface area (Å²) in [7, 11) is 0. The summed E-state index contributed by atoms with van der Waals surface area (Å²) in [5.41, 5.74) is 2.62. The second kappa shape index (κ2) is 8.03. The highest BCUT2D eigenvalue weighted by molar-refractivity contribution is 9.10. The third-order valence-electron chi connectivity index (χ3n) is 3.44. The third kappa shape index (κ3) is 5.64. The predicted octanol–water partition coefficient (Wildman–Crippen LogP) is 3.97. The average Bonchev–Trinajstić information content (AvgIpc) is 2.32. The van der Waals surface area contributed by atoms with Crippen LogP contribution in [0, 0.1) is 6.92 Å². The van der Waals surface area contributed by atoms with Crippen LogP contribution in [-0.2, 0) is 6.54 Å². The van der Waals surface area contributed by atoms with Gasteiger partial charge in [-0.2, -0.15) is 0 Å². The van der Waals surface area contributed by atoms with Gasteiger partial charge < -0.3 is 5.32 Å². The summed E-state index contributed by atoms with van der Waals surface area (Å²) in [6, 6.07) is 7.77. The molecule has 0 radical (unpaired) electrons. The quantitative estimate of drug-likeness (QED) is 0.763. The molecule has 1 aromatic rings. The molecular weight excluding hydrogens is 300 g/mol. The van der Waals surface area contributed by atoms with Crippen molar-refractivity contribution in [3.8, 4) is 0 Å². The van der Waals surface area contributed by atoms with E-state index < -0.39 is 0 Å². The summed E-state index contributed by atoms with van der Waals surface area (Å²) in [6.07, 6.45) is 0. The monoisotopic (exact) mass is 326 g/mol. The van der Waals surface area contributed by atoms with Gasteiger partial charge in [-0.3, -0.25) is 4.90 Å². The molecule has 0 bridgehead atoms. The number of nitrogens with zero attached hydrogens (tertiary/aromatic N) is 1. The van der Waals surface area contributed by atoms with Crippen molar-refractivity contribution in [2.24, 2.45) is 0 Å². The fraction of sp³-hybridized carbons (Fsp3) is 0.625. The second-order valence-corrected chi connectivity index (χ2v) is 6.54. The van der Waals surface area contributed by atoms with Crippen molar-refractivity contribution >= 4 is 15.9 Å². The number of benzene rings is 1. The maximum absolute atomic E-state index is 3.58. The lowest BCUT2D eigenvalue weighted by atomic mass is 10.1. The Morgan fingerprint density at radius 3 is 2.32 bits per heavy atom. The molecule has 3 heteroatoms. The van der Waals surface area contributed by atoms with Crippen LogP contribution in [0.15, 0.2) is 22.7 Å². The molecule has 0 aliphatic rings. The molecule has 0 amide bonds. The average molecular weight is 327 g/mol. The molecule has 108 valence electrons. The first kappa shape index (κ1) is 16.7. The molecule has 0 fully saturated rings. The molecule has 0 aliphatic heterocycles. The van der Waals surface area contributed by atoms with Crippen molar-refractivity contribution in [2.45, 2.75) is 53.2 Å². The lowest BCUT2D eigenvalue weighted by Crippen LogP contribution is -2.41. The van der Waals surface area contributed by atoms with Crippen LogP contribution in [-0.4, -0.2) is 30.1 Å². The summed E-state index contributed by atoms with van der Waals surface area (Å²) < 4.78 is 1.19. The topological polar surface area (TPSA) is 15.3 Å². The Morgan fingerprint density at radius 2 is 1.79 bits per heavy atom. The molecule has 1 aromatic carbocycles. The molecule has 1 N–H and O–H groups in total. The highest BCUT2D eigenvalue weighted by Crippen LogP contribution is 2.17. The molecule has 19 heavy (non-hydrogen) atoms. The summed E-state index contributed by atoms with van der Waals surface area (Å²) in [4.78, 5) is 2.51. The largest absolute Gasteiger partial charge is 0.311 e. The summed E-state index contributed by atoms with van der Waals surface area (Å²) in [5, 5.41) is 3.53. The summed E-state index contributed by atoms with van der Waals surface area (Å²) >= 11 is 3.58. The van der Waals surface area contributed by atoms with Gasteiger partial charge in [0.05, 0.1) is 0 Å². The van der Waals surface area contributed by atoms with Crippen molar-refractivity contribution in [3.63, 3.8) is 0 Å².